The van der Waals surface area contributed by atoms with Crippen LogP contribution >= 0.6 is 0 Å². The van der Waals surface area contributed by atoms with Crippen LogP contribution in [-0.2, 0) is 18.8 Å². The lowest BCUT2D eigenvalue weighted by Crippen LogP contribution is -2.61. The van der Waals surface area contributed by atoms with Crippen molar-refractivity contribution in [2.45, 2.75) is 43.9 Å². The summed E-state index contributed by atoms with van der Waals surface area (Å²) in [6.45, 7) is 1.51. The number of anilines is 1. The summed E-state index contributed by atoms with van der Waals surface area (Å²) in [5.41, 5.74) is -2.50. The van der Waals surface area contributed by atoms with Crippen molar-refractivity contribution in [1.82, 2.24) is 14.3 Å². The minimum absolute atomic E-state index is 0.148. The van der Waals surface area contributed by atoms with Gasteiger partial charge in [0, 0.05) is 35.8 Å². The fourth-order valence-electron chi connectivity index (χ4n) is 4.91. The van der Waals surface area contributed by atoms with Crippen LogP contribution in [-0.4, -0.2) is 14.3 Å². The van der Waals surface area contributed by atoms with Crippen molar-refractivity contribution >= 4 is 16.6 Å². The number of alkyl halides is 3. The third-order valence-corrected chi connectivity index (χ3v) is 6.75. The zero-order chi connectivity index (χ0) is 23.0. The van der Waals surface area contributed by atoms with E-state index >= 15 is 0 Å². The summed E-state index contributed by atoms with van der Waals surface area (Å²) in [5.74, 6) is -0.549. The molecule has 10 heteroatoms. The van der Waals surface area contributed by atoms with Crippen LogP contribution in [0.1, 0.15) is 43.4 Å². The summed E-state index contributed by atoms with van der Waals surface area (Å²) in [6, 6.07) is 3.49. The van der Waals surface area contributed by atoms with Crippen LogP contribution in [0.4, 0.5) is 23.4 Å². The first-order valence-corrected chi connectivity index (χ1v) is 10.3. The number of rotatable bonds is 4. The molecule has 0 aliphatic heterocycles. The van der Waals surface area contributed by atoms with Gasteiger partial charge in [-0.15, -0.1) is 0 Å². The number of fused-ring (bicyclic) bond motifs is 1. The van der Waals surface area contributed by atoms with Gasteiger partial charge in [-0.05, 0) is 38.2 Å². The molecule has 6 nitrogen and oxygen atoms in total. The fraction of sp³-hybridized carbons (Fsp3) is 0.409. The second-order valence-corrected chi connectivity index (χ2v) is 8.86. The molecule has 1 aromatic carbocycles. The smallest absolute Gasteiger partial charge is 0.361 e. The highest BCUT2D eigenvalue weighted by Crippen LogP contribution is 2.61. The molecule has 1 atom stereocenters. The van der Waals surface area contributed by atoms with Gasteiger partial charge in [-0.3, -0.25) is 9.59 Å². The largest absolute Gasteiger partial charge is 0.419 e. The van der Waals surface area contributed by atoms with Crippen molar-refractivity contribution in [1.29, 1.82) is 0 Å². The normalized spacial score (nSPS) is 22.9. The van der Waals surface area contributed by atoms with Crippen LogP contribution < -0.4 is 16.4 Å². The molecule has 0 saturated heterocycles. The van der Waals surface area contributed by atoms with Crippen LogP contribution in [0.15, 0.2) is 40.1 Å². The summed E-state index contributed by atoms with van der Waals surface area (Å²) in [5, 5.41) is 7.67. The summed E-state index contributed by atoms with van der Waals surface area (Å²) in [6.07, 6.45) is -0.499. The van der Waals surface area contributed by atoms with E-state index < -0.39 is 29.2 Å². The van der Waals surface area contributed by atoms with Crippen LogP contribution in [0.3, 0.4) is 0 Å². The molecule has 0 spiro atoms. The first kappa shape index (κ1) is 20.7. The van der Waals surface area contributed by atoms with Crippen molar-refractivity contribution < 1.29 is 17.6 Å². The van der Waals surface area contributed by atoms with Crippen molar-refractivity contribution in [3.63, 3.8) is 0 Å². The predicted molar refractivity (Wildman–Crippen MR) is 110 cm³/mol. The third-order valence-electron chi connectivity index (χ3n) is 6.75. The number of benzene rings is 1. The maximum Gasteiger partial charge on any atom is 0.419 e. The predicted octanol–water partition coefficient (Wildman–Crippen LogP) is 3.94. The molecular weight excluding hydrogens is 428 g/mol. The summed E-state index contributed by atoms with van der Waals surface area (Å²) >= 11 is 0. The number of hydrogen-bond donors (Lipinski definition) is 1. The Morgan fingerprint density at radius 1 is 1.19 bits per heavy atom. The van der Waals surface area contributed by atoms with Gasteiger partial charge in [0.15, 0.2) is 5.82 Å². The van der Waals surface area contributed by atoms with Crippen molar-refractivity contribution in [2.75, 3.05) is 5.32 Å². The Morgan fingerprint density at radius 2 is 1.88 bits per heavy atom. The molecule has 3 fully saturated rings. The second-order valence-electron chi connectivity index (χ2n) is 8.86. The number of hydrogen-bond acceptors (Lipinski definition) is 4. The lowest BCUT2D eigenvalue weighted by molar-refractivity contribution is -0.140. The van der Waals surface area contributed by atoms with Crippen LogP contribution in [0.5, 0.6) is 0 Å². The fourth-order valence-corrected chi connectivity index (χ4v) is 4.91. The Kier molecular flexibility index (Phi) is 4.31. The van der Waals surface area contributed by atoms with Crippen LogP contribution in [0.25, 0.3) is 10.8 Å². The van der Waals surface area contributed by atoms with E-state index in [-0.39, 0.29) is 27.9 Å². The van der Waals surface area contributed by atoms with Gasteiger partial charge in [-0.2, -0.15) is 18.3 Å². The third kappa shape index (κ3) is 2.96. The second kappa shape index (κ2) is 6.66. The van der Waals surface area contributed by atoms with Gasteiger partial charge in [0.05, 0.1) is 17.0 Å². The van der Waals surface area contributed by atoms with E-state index in [4.69, 9.17) is 0 Å². The van der Waals surface area contributed by atoms with E-state index in [2.05, 4.69) is 10.4 Å². The molecular formula is C22H20F4N4O2. The number of pyridine rings is 1. The number of nitrogens with one attached hydrogen (secondary N) is 1. The molecule has 3 aromatic rings. The molecule has 3 aliphatic rings. The van der Waals surface area contributed by atoms with Gasteiger partial charge in [-0.1, -0.05) is 12.1 Å². The number of aromatic nitrogens is 3. The Morgan fingerprint density at radius 3 is 2.47 bits per heavy atom. The highest BCUT2D eigenvalue weighted by atomic mass is 19.4. The highest BCUT2D eigenvalue weighted by molar-refractivity contribution is 5.90. The molecule has 1 N–H and O–H groups in total. The quantitative estimate of drug-likeness (QED) is 0.614. The van der Waals surface area contributed by atoms with E-state index in [1.54, 1.807) is 10.8 Å². The van der Waals surface area contributed by atoms with Crippen molar-refractivity contribution in [3.8, 4) is 0 Å². The zero-order valence-corrected chi connectivity index (χ0v) is 17.3. The van der Waals surface area contributed by atoms with E-state index in [0.717, 1.165) is 30.0 Å². The standard InChI is InChI=1S/C22H20F4N4O2/c1-11(13-4-3-5-16(18(13)23)22(24,25)26)27-19-15-10-30(21-7-12(8-21)9-21)17(31)6-14(15)20(32)29(2)28-19/h3-6,10-12H,7-9H2,1-2H3,(H,27,28)/t11-,12?,21?/m1/s1. The minimum atomic E-state index is -4.82. The average molecular weight is 448 g/mol. The van der Waals surface area contributed by atoms with Crippen molar-refractivity contribution in [3.05, 3.63) is 68.1 Å². The molecule has 6 rings (SSSR count). The molecule has 32 heavy (non-hydrogen) atoms. The van der Waals surface area contributed by atoms with Gasteiger partial charge >= 0.3 is 6.18 Å². The molecule has 2 heterocycles. The lowest BCUT2D eigenvalue weighted by Gasteiger charge is -2.62. The first-order valence-electron chi connectivity index (χ1n) is 10.3. The minimum Gasteiger partial charge on any atom is -0.361 e. The number of halogens is 4. The lowest BCUT2D eigenvalue weighted by atomic mass is 9.49. The van der Waals surface area contributed by atoms with E-state index in [0.29, 0.717) is 17.4 Å². The SMILES string of the molecule is C[C@@H](Nc1nn(C)c(=O)c2cc(=O)n(C34CC(C3)C4)cc12)c1cccc(C(F)(F)F)c1F. The maximum atomic E-state index is 14.6. The molecule has 3 saturated carbocycles. The first-order chi connectivity index (χ1) is 15.0. The molecule has 0 amide bonds. The Balaban J connectivity index is 1.60. The monoisotopic (exact) mass is 448 g/mol. The Bertz CT molecular complexity index is 1360. The van der Waals surface area contributed by atoms with E-state index in [9.17, 15) is 27.2 Å². The molecule has 3 aliphatic carbocycles. The Labute approximate surface area is 179 Å². The summed E-state index contributed by atoms with van der Waals surface area (Å²) in [4.78, 5) is 25.3. The van der Waals surface area contributed by atoms with Gasteiger partial charge in [-0.25, -0.2) is 9.07 Å². The number of nitrogens with zero attached hydrogens (tertiary/aromatic N) is 3. The van der Waals surface area contributed by atoms with Gasteiger partial charge in [0.1, 0.15) is 5.82 Å². The van der Waals surface area contributed by atoms with Gasteiger partial charge < -0.3 is 9.88 Å². The Hall–Kier alpha value is -3.17. The molecule has 168 valence electrons. The maximum absolute atomic E-state index is 14.6. The molecule has 2 aromatic heterocycles. The van der Waals surface area contributed by atoms with E-state index in [1.807, 2.05) is 0 Å². The molecule has 0 radical (unpaired) electrons. The van der Waals surface area contributed by atoms with E-state index in [1.165, 1.54) is 26.1 Å². The average Bonchev–Trinajstić information content (AvgIpc) is 2.63. The highest BCUT2D eigenvalue weighted by Gasteiger charge is 2.58. The van der Waals surface area contributed by atoms with Crippen LogP contribution in [0.2, 0.25) is 0 Å². The number of aryl methyl sites for hydroxylation is 1. The molecule has 0 unspecified atom stereocenters. The van der Waals surface area contributed by atoms with Crippen LogP contribution in [0, 0.1) is 11.7 Å². The van der Waals surface area contributed by atoms with Gasteiger partial charge in [0.2, 0.25) is 0 Å². The van der Waals surface area contributed by atoms with Crippen molar-refractivity contribution in [2.24, 2.45) is 13.0 Å². The zero-order valence-electron chi connectivity index (χ0n) is 17.3. The summed E-state index contributed by atoms with van der Waals surface area (Å²) < 4.78 is 56.7. The topological polar surface area (TPSA) is 68.9 Å². The van der Waals surface area contributed by atoms with Gasteiger partial charge in [0.25, 0.3) is 11.1 Å². The molecule has 2 bridgehead atoms. The summed E-state index contributed by atoms with van der Waals surface area (Å²) in [7, 11) is 1.41.